The maximum Gasteiger partial charge on any atom is 0.303 e. The van der Waals surface area contributed by atoms with Gasteiger partial charge in [-0.1, -0.05) is 27.7 Å². The van der Waals surface area contributed by atoms with Gasteiger partial charge in [-0.25, -0.2) is 0 Å². The number of hydrogen-bond donors (Lipinski definition) is 3. The van der Waals surface area contributed by atoms with E-state index in [1.165, 1.54) is 0 Å². The van der Waals surface area contributed by atoms with Crippen LogP contribution in [0.15, 0.2) is 0 Å². The van der Waals surface area contributed by atoms with Crippen molar-refractivity contribution in [1.29, 1.82) is 0 Å². The third kappa shape index (κ3) is 2.08. The fourth-order valence-electron chi connectivity index (χ4n) is 3.24. The maximum atomic E-state index is 9.84. The third-order valence-corrected chi connectivity index (χ3v) is 5.15. The van der Waals surface area contributed by atoms with E-state index in [0.717, 1.165) is 12.8 Å². The summed E-state index contributed by atoms with van der Waals surface area (Å²) in [5, 5.41) is 27.4. The van der Waals surface area contributed by atoms with E-state index in [4.69, 9.17) is 5.11 Å². The van der Waals surface area contributed by atoms with E-state index in [-0.39, 0.29) is 17.3 Å². The van der Waals surface area contributed by atoms with Crippen molar-refractivity contribution in [3.8, 4) is 0 Å². The molecule has 2 atom stereocenters. The molecule has 2 bridgehead atoms. The molecule has 0 spiro atoms. The van der Waals surface area contributed by atoms with E-state index in [0.29, 0.717) is 12.3 Å². The second-order valence-electron chi connectivity index (χ2n) is 6.06. The van der Waals surface area contributed by atoms with E-state index < -0.39 is 11.8 Å². The van der Waals surface area contributed by atoms with E-state index in [1.807, 2.05) is 6.92 Å². The van der Waals surface area contributed by atoms with Crippen LogP contribution in [0.25, 0.3) is 0 Å². The Bertz CT molecular complexity index is 309. The molecular formula is C13H24O4. The molecule has 4 nitrogen and oxygen atoms in total. The zero-order valence-electron chi connectivity index (χ0n) is 11.2. The Labute approximate surface area is 103 Å². The van der Waals surface area contributed by atoms with Crippen LogP contribution in [0.2, 0.25) is 0 Å². The number of carboxylic acid groups (broad SMARTS) is 1. The molecule has 17 heavy (non-hydrogen) atoms. The van der Waals surface area contributed by atoms with E-state index >= 15 is 0 Å². The Morgan fingerprint density at radius 2 is 1.76 bits per heavy atom. The monoisotopic (exact) mass is 244 g/mol. The summed E-state index contributed by atoms with van der Waals surface area (Å²) in [6.45, 7) is 7.94. The molecule has 0 aromatic rings. The standard InChI is InChI=1S/C10H18O2.C3H6O2/c1-8(2)7-4-5-9(8,3)10(11,12)6-7;1-2-3(4)5/h7,11-12H,4-6H2,1-3H3;2H2,1H3,(H,4,5). The Hall–Kier alpha value is -0.610. The molecule has 2 unspecified atom stereocenters. The van der Waals surface area contributed by atoms with Crippen molar-refractivity contribution in [3.05, 3.63) is 0 Å². The molecule has 0 saturated heterocycles. The van der Waals surface area contributed by atoms with E-state index in [1.54, 1.807) is 6.92 Å². The first-order valence-electron chi connectivity index (χ1n) is 6.25. The molecule has 0 aromatic carbocycles. The highest BCUT2D eigenvalue weighted by atomic mass is 16.5. The fraction of sp³-hybridized carbons (Fsp3) is 0.923. The van der Waals surface area contributed by atoms with Crippen LogP contribution in [0.4, 0.5) is 0 Å². The summed E-state index contributed by atoms with van der Waals surface area (Å²) in [7, 11) is 0. The van der Waals surface area contributed by atoms with Gasteiger partial charge in [0.05, 0.1) is 0 Å². The molecule has 2 fully saturated rings. The first-order valence-corrected chi connectivity index (χ1v) is 6.25. The Balaban J connectivity index is 0.000000249. The lowest BCUT2D eigenvalue weighted by Crippen LogP contribution is -2.46. The van der Waals surface area contributed by atoms with Crippen LogP contribution in [0.5, 0.6) is 0 Å². The quantitative estimate of drug-likeness (QED) is 0.616. The molecule has 2 saturated carbocycles. The predicted octanol–water partition coefficient (Wildman–Crippen LogP) is 1.99. The first kappa shape index (κ1) is 14.5. The molecule has 2 aliphatic rings. The summed E-state index contributed by atoms with van der Waals surface area (Å²) >= 11 is 0. The average Bonchev–Trinajstić information content (AvgIpc) is 2.49. The van der Waals surface area contributed by atoms with Crippen molar-refractivity contribution in [2.75, 3.05) is 0 Å². The van der Waals surface area contributed by atoms with Crippen LogP contribution in [-0.2, 0) is 4.79 Å². The van der Waals surface area contributed by atoms with Gasteiger partial charge in [0.25, 0.3) is 0 Å². The molecule has 3 N–H and O–H groups in total. The molecule has 2 rings (SSSR count). The lowest BCUT2D eigenvalue weighted by molar-refractivity contribution is -0.241. The molecule has 0 aliphatic heterocycles. The Morgan fingerprint density at radius 1 is 1.29 bits per heavy atom. The number of carboxylic acids is 1. The molecule has 0 radical (unpaired) electrons. The first-order chi connectivity index (χ1) is 7.58. The summed E-state index contributed by atoms with van der Waals surface area (Å²) in [5.41, 5.74) is -0.193. The summed E-state index contributed by atoms with van der Waals surface area (Å²) in [5.74, 6) is -1.66. The topological polar surface area (TPSA) is 77.8 Å². The summed E-state index contributed by atoms with van der Waals surface area (Å²) < 4.78 is 0. The highest BCUT2D eigenvalue weighted by Crippen LogP contribution is 2.68. The molecule has 4 heteroatoms. The van der Waals surface area contributed by atoms with Crippen LogP contribution >= 0.6 is 0 Å². The summed E-state index contributed by atoms with van der Waals surface area (Å²) in [6.07, 6.45) is 2.90. The lowest BCUT2D eigenvalue weighted by atomic mass is 9.68. The number of aliphatic carboxylic acids is 1. The van der Waals surface area contributed by atoms with Crippen molar-refractivity contribution < 1.29 is 20.1 Å². The average molecular weight is 244 g/mol. The second-order valence-corrected chi connectivity index (χ2v) is 6.06. The normalized spacial score (nSPS) is 36.2. The minimum absolute atomic E-state index is 0.0938. The second kappa shape index (κ2) is 4.25. The maximum absolute atomic E-state index is 9.84. The third-order valence-electron chi connectivity index (χ3n) is 5.15. The van der Waals surface area contributed by atoms with Gasteiger partial charge in [-0.05, 0) is 24.2 Å². The zero-order valence-corrected chi connectivity index (χ0v) is 11.2. The number of carbonyl (C=O) groups is 1. The molecule has 0 amide bonds. The molecular weight excluding hydrogens is 220 g/mol. The summed E-state index contributed by atoms with van der Waals surface area (Å²) in [4.78, 5) is 9.37. The van der Waals surface area contributed by atoms with Crippen LogP contribution in [0.3, 0.4) is 0 Å². The van der Waals surface area contributed by atoms with Gasteiger partial charge in [0, 0.05) is 18.3 Å². The minimum atomic E-state index is -1.42. The number of aliphatic hydroxyl groups is 2. The Morgan fingerprint density at radius 3 is 1.88 bits per heavy atom. The van der Waals surface area contributed by atoms with Crippen LogP contribution in [0.1, 0.15) is 53.4 Å². The van der Waals surface area contributed by atoms with Gasteiger partial charge in [-0.3, -0.25) is 4.79 Å². The Kier molecular flexibility index (Phi) is 3.61. The van der Waals surface area contributed by atoms with Gasteiger partial charge >= 0.3 is 5.97 Å². The fourth-order valence-corrected chi connectivity index (χ4v) is 3.24. The van der Waals surface area contributed by atoms with Gasteiger partial charge in [0.15, 0.2) is 5.79 Å². The van der Waals surface area contributed by atoms with Gasteiger partial charge in [-0.2, -0.15) is 0 Å². The van der Waals surface area contributed by atoms with Gasteiger partial charge in [0.2, 0.25) is 0 Å². The van der Waals surface area contributed by atoms with Crippen molar-refractivity contribution >= 4 is 5.97 Å². The van der Waals surface area contributed by atoms with Crippen LogP contribution in [0, 0.1) is 16.7 Å². The number of rotatable bonds is 1. The van der Waals surface area contributed by atoms with Crippen LogP contribution in [-0.4, -0.2) is 27.1 Å². The van der Waals surface area contributed by atoms with Gasteiger partial charge in [-0.15, -0.1) is 0 Å². The zero-order chi connectivity index (χ0) is 13.5. The highest BCUT2D eigenvalue weighted by Gasteiger charge is 2.68. The smallest absolute Gasteiger partial charge is 0.303 e. The highest BCUT2D eigenvalue weighted by molar-refractivity contribution is 5.66. The summed E-state index contributed by atoms with van der Waals surface area (Å²) in [6, 6.07) is 0. The molecule has 0 aromatic heterocycles. The minimum Gasteiger partial charge on any atom is -0.481 e. The van der Waals surface area contributed by atoms with Crippen molar-refractivity contribution in [1.82, 2.24) is 0 Å². The van der Waals surface area contributed by atoms with E-state index in [9.17, 15) is 15.0 Å². The van der Waals surface area contributed by atoms with Crippen molar-refractivity contribution in [2.45, 2.75) is 59.2 Å². The molecule has 0 heterocycles. The molecule has 2 aliphatic carbocycles. The van der Waals surface area contributed by atoms with Crippen molar-refractivity contribution in [2.24, 2.45) is 16.7 Å². The largest absolute Gasteiger partial charge is 0.481 e. The number of hydrogen-bond acceptors (Lipinski definition) is 3. The SMILES string of the molecule is CC1(C)C2CCC1(C)C(O)(O)C2.CCC(=O)O. The van der Waals surface area contributed by atoms with Gasteiger partial charge in [0.1, 0.15) is 0 Å². The van der Waals surface area contributed by atoms with Crippen LogP contribution < -0.4 is 0 Å². The van der Waals surface area contributed by atoms with Gasteiger partial charge < -0.3 is 15.3 Å². The number of fused-ring (bicyclic) bond motifs is 2. The van der Waals surface area contributed by atoms with Crippen molar-refractivity contribution in [3.63, 3.8) is 0 Å². The van der Waals surface area contributed by atoms with E-state index in [2.05, 4.69) is 13.8 Å². The lowest BCUT2D eigenvalue weighted by Gasteiger charge is -2.41. The predicted molar refractivity (Wildman–Crippen MR) is 64.3 cm³/mol. The molecule has 100 valence electrons.